The SMILES string of the molecule is COc1ccc([C@@H]2CN(C(=O)C3CCN(C(=O)N(C)C)CC3)C[C@H]2N)cc1. The average Bonchev–Trinajstić information content (AvgIpc) is 3.08. The minimum atomic E-state index is -0.0576. The van der Waals surface area contributed by atoms with Gasteiger partial charge in [-0.2, -0.15) is 0 Å². The van der Waals surface area contributed by atoms with Crippen LogP contribution in [0.25, 0.3) is 0 Å². The standard InChI is InChI=1S/C20H30N4O3/c1-22(2)20(26)23-10-8-15(9-11-23)19(25)24-12-17(18(21)13-24)14-4-6-16(27-3)7-5-14/h4-7,15,17-18H,8-13,21H2,1-3H3/t17-,18+/m0/s1. The number of methoxy groups -OCH3 is 1. The van der Waals surface area contributed by atoms with Crippen molar-refractivity contribution in [1.82, 2.24) is 14.7 Å². The number of hydrogen-bond donors (Lipinski definition) is 1. The molecule has 0 aliphatic carbocycles. The molecule has 0 unspecified atom stereocenters. The molecule has 148 valence electrons. The number of benzene rings is 1. The Bertz CT molecular complexity index is 668. The number of carbonyl (C=O) groups is 2. The van der Waals surface area contributed by atoms with Gasteiger partial charge in [-0.1, -0.05) is 12.1 Å². The van der Waals surface area contributed by atoms with Gasteiger partial charge < -0.3 is 25.2 Å². The van der Waals surface area contributed by atoms with Crippen molar-refractivity contribution in [3.8, 4) is 5.75 Å². The van der Waals surface area contributed by atoms with E-state index in [0.29, 0.717) is 26.2 Å². The van der Waals surface area contributed by atoms with Crippen LogP contribution in [-0.2, 0) is 4.79 Å². The largest absolute Gasteiger partial charge is 0.497 e. The average molecular weight is 374 g/mol. The van der Waals surface area contributed by atoms with Gasteiger partial charge in [-0.3, -0.25) is 4.79 Å². The third kappa shape index (κ3) is 4.18. The summed E-state index contributed by atoms with van der Waals surface area (Å²) in [6.45, 7) is 2.51. The molecule has 2 N–H and O–H groups in total. The minimum absolute atomic E-state index is 0.0157. The van der Waals surface area contributed by atoms with Gasteiger partial charge in [0.15, 0.2) is 0 Å². The van der Waals surface area contributed by atoms with E-state index in [9.17, 15) is 9.59 Å². The van der Waals surface area contributed by atoms with Crippen molar-refractivity contribution in [1.29, 1.82) is 0 Å². The summed E-state index contributed by atoms with van der Waals surface area (Å²) >= 11 is 0. The van der Waals surface area contributed by atoms with E-state index in [-0.39, 0.29) is 29.8 Å². The van der Waals surface area contributed by atoms with Crippen LogP contribution in [0.15, 0.2) is 24.3 Å². The van der Waals surface area contributed by atoms with Gasteiger partial charge in [0.2, 0.25) is 5.91 Å². The third-order valence-electron chi connectivity index (χ3n) is 5.72. The molecule has 1 aromatic rings. The number of carbonyl (C=O) groups excluding carboxylic acids is 2. The summed E-state index contributed by atoms with van der Waals surface area (Å²) in [5.41, 5.74) is 7.49. The van der Waals surface area contributed by atoms with Crippen LogP contribution in [0.4, 0.5) is 4.79 Å². The Morgan fingerprint density at radius 3 is 2.26 bits per heavy atom. The molecule has 0 aromatic heterocycles. The van der Waals surface area contributed by atoms with Gasteiger partial charge in [-0.15, -0.1) is 0 Å². The first-order chi connectivity index (χ1) is 12.9. The van der Waals surface area contributed by atoms with Gasteiger partial charge in [-0.05, 0) is 30.5 Å². The summed E-state index contributed by atoms with van der Waals surface area (Å²) in [5, 5.41) is 0. The summed E-state index contributed by atoms with van der Waals surface area (Å²) in [5.74, 6) is 1.13. The summed E-state index contributed by atoms with van der Waals surface area (Å²) in [7, 11) is 5.16. The number of nitrogens with zero attached hydrogens (tertiary/aromatic N) is 3. The predicted molar refractivity (Wildman–Crippen MR) is 104 cm³/mol. The van der Waals surface area contributed by atoms with Crippen molar-refractivity contribution in [2.24, 2.45) is 11.7 Å². The molecular weight excluding hydrogens is 344 g/mol. The Kier molecular flexibility index (Phi) is 5.89. The number of urea groups is 1. The maximum Gasteiger partial charge on any atom is 0.319 e. The first-order valence-corrected chi connectivity index (χ1v) is 9.55. The Balaban J connectivity index is 1.57. The van der Waals surface area contributed by atoms with Crippen molar-refractivity contribution in [2.45, 2.75) is 24.8 Å². The molecule has 7 nitrogen and oxygen atoms in total. The number of nitrogens with two attached hydrogens (primary N) is 1. The highest BCUT2D eigenvalue weighted by Gasteiger charge is 2.37. The zero-order valence-corrected chi connectivity index (χ0v) is 16.4. The fourth-order valence-electron chi connectivity index (χ4n) is 4.07. The first kappa shape index (κ1) is 19.5. The van der Waals surface area contributed by atoms with E-state index in [4.69, 9.17) is 10.5 Å². The van der Waals surface area contributed by atoms with Crippen LogP contribution in [0.2, 0.25) is 0 Å². The van der Waals surface area contributed by atoms with E-state index >= 15 is 0 Å². The van der Waals surface area contributed by atoms with Crippen LogP contribution in [0.5, 0.6) is 5.75 Å². The zero-order chi connectivity index (χ0) is 19.6. The molecular formula is C20H30N4O3. The summed E-state index contributed by atoms with van der Waals surface area (Å²) in [4.78, 5) is 30.3. The lowest BCUT2D eigenvalue weighted by atomic mass is 9.94. The molecule has 2 fully saturated rings. The van der Waals surface area contributed by atoms with Crippen molar-refractivity contribution >= 4 is 11.9 Å². The number of hydrogen-bond acceptors (Lipinski definition) is 4. The number of amides is 3. The molecule has 2 atom stereocenters. The van der Waals surface area contributed by atoms with Gasteiger partial charge in [-0.25, -0.2) is 4.79 Å². The van der Waals surface area contributed by atoms with Crippen molar-refractivity contribution < 1.29 is 14.3 Å². The maximum atomic E-state index is 13.0. The maximum absolute atomic E-state index is 13.0. The molecule has 3 amide bonds. The lowest BCUT2D eigenvalue weighted by Crippen LogP contribution is -2.47. The van der Waals surface area contributed by atoms with E-state index in [2.05, 4.69) is 0 Å². The Labute approximate surface area is 161 Å². The number of likely N-dealkylation sites (tertiary alicyclic amines) is 2. The molecule has 3 rings (SSSR count). The Morgan fingerprint density at radius 2 is 1.70 bits per heavy atom. The first-order valence-electron chi connectivity index (χ1n) is 9.55. The van der Waals surface area contributed by atoms with Crippen LogP contribution < -0.4 is 10.5 Å². The van der Waals surface area contributed by atoms with Crippen LogP contribution in [-0.4, -0.2) is 80.1 Å². The highest BCUT2D eigenvalue weighted by Crippen LogP contribution is 2.30. The summed E-state index contributed by atoms with van der Waals surface area (Å²) < 4.78 is 5.21. The van der Waals surface area contributed by atoms with E-state index < -0.39 is 0 Å². The number of rotatable bonds is 3. The lowest BCUT2D eigenvalue weighted by Gasteiger charge is -2.34. The molecule has 0 saturated carbocycles. The van der Waals surface area contributed by atoms with Crippen LogP contribution >= 0.6 is 0 Å². The van der Waals surface area contributed by atoms with Gasteiger partial charge in [0.05, 0.1) is 7.11 Å². The van der Waals surface area contributed by atoms with Crippen LogP contribution in [0.3, 0.4) is 0 Å². The highest BCUT2D eigenvalue weighted by molar-refractivity contribution is 5.80. The molecule has 0 spiro atoms. The molecule has 1 aromatic carbocycles. The van der Waals surface area contributed by atoms with E-state index in [1.54, 1.807) is 26.1 Å². The molecule has 0 bridgehead atoms. The molecule has 2 saturated heterocycles. The fraction of sp³-hybridized carbons (Fsp3) is 0.600. The van der Waals surface area contributed by atoms with Crippen LogP contribution in [0.1, 0.15) is 24.3 Å². The second kappa shape index (κ2) is 8.17. The smallest absolute Gasteiger partial charge is 0.319 e. The molecule has 0 radical (unpaired) electrons. The molecule has 27 heavy (non-hydrogen) atoms. The van der Waals surface area contributed by atoms with E-state index in [0.717, 1.165) is 24.2 Å². The van der Waals surface area contributed by atoms with Gasteiger partial charge in [0.25, 0.3) is 0 Å². The zero-order valence-electron chi connectivity index (χ0n) is 16.4. The van der Waals surface area contributed by atoms with E-state index in [1.807, 2.05) is 34.1 Å². The summed E-state index contributed by atoms with van der Waals surface area (Å²) in [6, 6.07) is 7.89. The van der Waals surface area contributed by atoms with E-state index in [1.165, 1.54) is 0 Å². The molecule has 2 aliphatic rings. The second-order valence-corrected chi connectivity index (χ2v) is 7.73. The topological polar surface area (TPSA) is 79.1 Å². The monoisotopic (exact) mass is 374 g/mol. The third-order valence-corrected chi connectivity index (χ3v) is 5.72. The summed E-state index contributed by atoms with van der Waals surface area (Å²) in [6.07, 6.45) is 1.44. The second-order valence-electron chi connectivity index (χ2n) is 7.73. The minimum Gasteiger partial charge on any atom is -0.497 e. The fourth-order valence-corrected chi connectivity index (χ4v) is 4.07. The number of ether oxygens (including phenoxy) is 1. The molecule has 7 heteroatoms. The lowest BCUT2D eigenvalue weighted by molar-refractivity contribution is -0.135. The Morgan fingerprint density at radius 1 is 1.07 bits per heavy atom. The molecule has 2 aliphatic heterocycles. The van der Waals surface area contributed by atoms with Gasteiger partial charge >= 0.3 is 6.03 Å². The van der Waals surface area contributed by atoms with Gasteiger partial charge in [0.1, 0.15) is 5.75 Å². The normalized spacial score (nSPS) is 23.4. The van der Waals surface area contributed by atoms with Crippen molar-refractivity contribution in [2.75, 3.05) is 47.4 Å². The van der Waals surface area contributed by atoms with Gasteiger partial charge in [0, 0.05) is 58.2 Å². The van der Waals surface area contributed by atoms with Crippen molar-refractivity contribution in [3.05, 3.63) is 29.8 Å². The van der Waals surface area contributed by atoms with Crippen molar-refractivity contribution in [3.63, 3.8) is 0 Å². The van der Waals surface area contributed by atoms with Crippen LogP contribution in [0, 0.1) is 5.92 Å². The molecule has 2 heterocycles. The Hall–Kier alpha value is -2.28. The number of piperidine rings is 1. The quantitative estimate of drug-likeness (QED) is 0.866. The highest BCUT2D eigenvalue weighted by atomic mass is 16.5. The predicted octanol–water partition coefficient (Wildman–Crippen LogP) is 1.34.